The Kier molecular flexibility index (Phi) is 4.58. The van der Waals surface area contributed by atoms with Crippen LogP contribution in [-0.4, -0.2) is 5.97 Å². The number of ether oxygens (including phenoxy) is 1. The van der Waals surface area contributed by atoms with Crippen LogP contribution < -0.4 is 4.74 Å². The van der Waals surface area contributed by atoms with Crippen molar-refractivity contribution in [2.45, 2.75) is 6.92 Å². The standard InChI is InChI=1S/C20H15BrO2/c1-14-11-12-16(13-18(14)21)20(22)23-19-10-6-5-9-17(19)15-7-3-2-4-8-15/h2-13H,1H3. The summed E-state index contributed by atoms with van der Waals surface area (Å²) in [6.45, 7) is 1.98. The van der Waals surface area contributed by atoms with Crippen molar-refractivity contribution in [2.24, 2.45) is 0 Å². The highest BCUT2D eigenvalue weighted by molar-refractivity contribution is 9.10. The van der Waals surface area contributed by atoms with Gasteiger partial charge in [-0.05, 0) is 36.2 Å². The van der Waals surface area contributed by atoms with Gasteiger partial charge >= 0.3 is 5.97 Å². The molecule has 114 valence electrons. The normalized spacial score (nSPS) is 10.3. The minimum Gasteiger partial charge on any atom is -0.422 e. The van der Waals surface area contributed by atoms with E-state index in [0.29, 0.717) is 11.3 Å². The molecule has 0 amide bonds. The summed E-state index contributed by atoms with van der Waals surface area (Å²) >= 11 is 3.44. The second kappa shape index (κ2) is 6.80. The molecule has 3 aromatic rings. The lowest BCUT2D eigenvalue weighted by atomic mass is 10.0. The Morgan fingerprint density at radius 1 is 0.913 bits per heavy atom. The molecule has 0 bridgehead atoms. The van der Waals surface area contributed by atoms with Gasteiger partial charge in [-0.1, -0.05) is 70.5 Å². The smallest absolute Gasteiger partial charge is 0.343 e. The average Bonchev–Trinajstić information content (AvgIpc) is 2.58. The summed E-state index contributed by atoms with van der Waals surface area (Å²) in [6, 6.07) is 22.9. The second-order valence-corrected chi connectivity index (χ2v) is 6.07. The Labute approximate surface area is 143 Å². The number of esters is 1. The lowest BCUT2D eigenvalue weighted by Crippen LogP contribution is -2.09. The van der Waals surface area contributed by atoms with E-state index >= 15 is 0 Å². The predicted molar refractivity (Wildman–Crippen MR) is 95.7 cm³/mol. The molecule has 0 heterocycles. The molecule has 0 aliphatic rings. The first-order valence-electron chi connectivity index (χ1n) is 7.28. The third-order valence-electron chi connectivity index (χ3n) is 3.58. The van der Waals surface area contributed by atoms with E-state index in [-0.39, 0.29) is 5.97 Å². The molecule has 0 atom stereocenters. The van der Waals surface area contributed by atoms with Gasteiger partial charge in [0.15, 0.2) is 0 Å². The highest BCUT2D eigenvalue weighted by Gasteiger charge is 2.13. The zero-order valence-electron chi connectivity index (χ0n) is 12.6. The van der Waals surface area contributed by atoms with Crippen LogP contribution in [0.5, 0.6) is 5.75 Å². The number of para-hydroxylation sites is 1. The van der Waals surface area contributed by atoms with Crippen molar-refractivity contribution in [3.05, 3.63) is 88.4 Å². The molecule has 3 aromatic carbocycles. The number of carbonyl (C=O) groups excluding carboxylic acids is 1. The Bertz CT molecular complexity index is 841. The number of aryl methyl sites for hydroxylation is 1. The summed E-state index contributed by atoms with van der Waals surface area (Å²) in [7, 11) is 0. The summed E-state index contributed by atoms with van der Waals surface area (Å²) < 4.78 is 6.51. The molecule has 0 N–H and O–H groups in total. The Morgan fingerprint density at radius 3 is 2.35 bits per heavy atom. The molecule has 3 rings (SSSR count). The number of rotatable bonds is 3. The van der Waals surface area contributed by atoms with E-state index in [9.17, 15) is 4.79 Å². The minimum absolute atomic E-state index is 0.367. The number of benzene rings is 3. The van der Waals surface area contributed by atoms with Gasteiger partial charge in [0.05, 0.1) is 5.56 Å². The van der Waals surface area contributed by atoms with Crippen LogP contribution in [0.25, 0.3) is 11.1 Å². The van der Waals surface area contributed by atoms with E-state index in [1.54, 1.807) is 12.1 Å². The minimum atomic E-state index is -0.367. The lowest BCUT2D eigenvalue weighted by Gasteiger charge is -2.10. The molecule has 0 unspecified atom stereocenters. The molecule has 23 heavy (non-hydrogen) atoms. The van der Waals surface area contributed by atoms with Crippen LogP contribution in [0.2, 0.25) is 0 Å². The summed E-state index contributed by atoms with van der Waals surface area (Å²) in [5, 5.41) is 0. The quantitative estimate of drug-likeness (QED) is 0.442. The van der Waals surface area contributed by atoms with Gasteiger partial charge in [-0.25, -0.2) is 4.79 Å². The van der Waals surface area contributed by atoms with Crippen molar-refractivity contribution in [3.63, 3.8) is 0 Å². The van der Waals surface area contributed by atoms with E-state index in [1.807, 2.05) is 67.6 Å². The number of carbonyl (C=O) groups is 1. The number of hydrogen-bond donors (Lipinski definition) is 0. The van der Waals surface area contributed by atoms with Crippen LogP contribution in [-0.2, 0) is 0 Å². The van der Waals surface area contributed by atoms with Crippen molar-refractivity contribution in [3.8, 4) is 16.9 Å². The van der Waals surface area contributed by atoms with Gasteiger partial charge in [-0.3, -0.25) is 0 Å². The topological polar surface area (TPSA) is 26.3 Å². The van der Waals surface area contributed by atoms with Crippen LogP contribution in [0, 0.1) is 6.92 Å². The maximum absolute atomic E-state index is 12.4. The van der Waals surface area contributed by atoms with Gasteiger partial charge in [0.2, 0.25) is 0 Å². The van der Waals surface area contributed by atoms with Crippen molar-refractivity contribution >= 4 is 21.9 Å². The van der Waals surface area contributed by atoms with Crippen molar-refractivity contribution in [1.29, 1.82) is 0 Å². The van der Waals surface area contributed by atoms with E-state index in [0.717, 1.165) is 21.2 Å². The van der Waals surface area contributed by atoms with E-state index in [4.69, 9.17) is 4.74 Å². The van der Waals surface area contributed by atoms with Gasteiger partial charge < -0.3 is 4.74 Å². The van der Waals surface area contributed by atoms with Crippen molar-refractivity contribution in [2.75, 3.05) is 0 Å². The zero-order valence-corrected chi connectivity index (χ0v) is 14.2. The maximum Gasteiger partial charge on any atom is 0.343 e. The highest BCUT2D eigenvalue weighted by Crippen LogP contribution is 2.30. The molecule has 2 nitrogen and oxygen atoms in total. The third-order valence-corrected chi connectivity index (χ3v) is 4.44. The SMILES string of the molecule is Cc1ccc(C(=O)Oc2ccccc2-c2ccccc2)cc1Br. The fourth-order valence-corrected chi connectivity index (χ4v) is 2.67. The molecule has 0 spiro atoms. The fourth-order valence-electron chi connectivity index (χ4n) is 2.29. The van der Waals surface area contributed by atoms with Crippen molar-refractivity contribution in [1.82, 2.24) is 0 Å². The van der Waals surface area contributed by atoms with Gasteiger partial charge in [0.1, 0.15) is 5.75 Å². The molecule has 0 aliphatic carbocycles. The molecule has 0 fully saturated rings. The predicted octanol–water partition coefficient (Wildman–Crippen LogP) is 5.64. The van der Waals surface area contributed by atoms with Gasteiger partial charge in [-0.2, -0.15) is 0 Å². The van der Waals surface area contributed by atoms with E-state index < -0.39 is 0 Å². The van der Waals surface area contributed by atoms with Crippen LogP contribution in [0.4, 0.5) is 0 Å². The molecule has 0 aliphatic heterocycles. The largest absolute Gasteiger partial charge is 0.422 e. The Morgan fingerprint density at radius 2 is 1.61 bits per heavy atom. The third kappa shape index (κ3) is 3.51. The van der Waals surface area contributed by atoms with Crippen molar-refractivity contribution < 1.29 is 9.53 Å². The number of hydrogen-bond acceptors (Lipinski definition) is 2. The molecular formula is C20H15BrO2. The average molecular weight is 367 g/mol. The molecular weight excluding hydrogens is 352 g/mol. The Balaban J connectivity index is 1.91. The van der Waals surface area contributed by atoms with Crippen LogP contribution in [0.15, 0.2) is 77.3 Å². The summed E-state index contributed by atoms with van der Waals surface area (Å²) in [4.78, 5) is 12.4. The van der Waals surface area contributed by atoms with E-state index in [2.05, 4.69) is 15.9 Å². The molecule has 3 heteroatoms. The van der Waals surface area contributed by atoms with Gasteiger partial charge in [0.25, 0.3) is 0 Å². The first-order valence-corrected chi connectivity index (χ1v) is 8.07. The van der Waals surface area contributed by atoms with Gasteiger partial charge in [0, 0.05) is 10.0 Å². The summed E-state index contributed by atoms with van der Waals surface area (Å²) in [5.74, 6) is 0.189. The second-order valence-electron chi connectivity index (χ2n) is 5.22. The number of halogens is 1. The van der Waals surface area contributed by atoms with Crippen LogP contribution >= 0.6 is 15.9 Å². The van der Waals surface area contributed by atoms with E-state index in [1.165, 1.54) is 0 Å². The molecule has 0 aromatic heterocycles. The summed E-state index contributed by atoms with van der Waals surface area (Å²) in [5.41, 5.74) is 3.50. The zero-order chi connectivity index (χ0) is 16.2. The highest BCUT2D eigenvalue weighted by atomic mass is 79.9. The van der Waals surface area contributed by atoms with Gasteiger partial charge in [-0.15, -0.1) is 0 Å². The molecule has 0 saturated carbocycles. The Hall–Kier alpha value is -2.39. The molecule has 0 radical (unpaired) electrons. The monoisotopic (exact) mass is 366 g/mol. The summed E-state index contributed by atoms with van der Waals surface area (Å²) in [6.07, 6.45) is 0. The first kappa shape index (κ1) is 15.5. The first-order chi connectivity index (χ1) is 11.1. The maximum atomic E-state index is 12.4. The molecule has 0 saturated heterocycles. The van der Waals surface area contributed by atoms with Crippen LogP contribution in [0.3, 0.4) is 0 Å². The lowest BCUT2D eigenvalue weighted by molar-refractivity contribution is 0.0735. The fraction of sp³-hybridized carbons (Fsp3) is 0.0500. The van der Waals surface area contributed by atoms with Crippen LogP contribution in [0.1, 0.15) is 15.9 Å².